The van der Waals surface area contributed by atoms with Crippen molar-refractivity contribution in [1.29, 1.82) is 0 Å². The number of benzene rings is 2. The molecular weight excluding hydrogens is 374 g/mol. The molecule has 2 heterocycles. The van der Waals surface area contributed by atoms with Crippen LogP contribution in [0.5, 0.6) is 17.2 Å². The number of para-hydroxylation sites is 1. The first kappa shape index (κ1) is 18.4. The average Bonchev–Trinajstić information content (AvgIpc) is 3.16. The Kier molecular flexibility index (Phi) is 4.96. The summed E-state index contributed by atoms with van der Waals surface area (Å²) in [5.41, 5.74) is 3.89. The first-order valence-corrected chi connectivity index (χ1v) is 9.80. The van der Waals surface area contributed by atoms with Crippen molar-refractivity contribution in [3.05, 3.63) is 58.3 Å². The number of carbonyl (C=O) groups is 1. The normalized spacial score (nSPS) is 15.5. The van der Waals surface area contributed by atoms with Gasteiger partial charge in [0.15, 0.2) is 11.5 Å². The van der Waals surface area contributed by atoms with E-state index in [1.807, 2.05) is 42.5 Å². The fourth-order valence-corrected chi connectivity index (χ4v) is 4.80. The minimum atomic E-state index is -0.0780. The number of nitrogens with one attached hydrogen (secondary N) is 1. The number of fused-ring (bicyclic) bond motifs is 1. The van der Waals surface area contributed by atoms with E-state index < -0.39 is 0 Å². The molecule has 3 aromatic rings. The van der Waals surface area contributed by atoms with Gasteiger partial charge in [0.25, 0.3) is 0 Å². The van der Waals surface area contributed by atoms with E-state index in [1.54, 1.807) is 32.7 Å². The molecule has 144 valence electrons. The van der Waals surface area contributed by atoms with Crippen molar-refractivity contribution in [2.45, 2.75) is 12.3 Å². The van der Waals surface area contributed by atoms with Crippen molar-refractivity contribution < 1.29 is 19.0 Å². The number of ether oxygens (including phenoxy) is 3. The number of rotatable bonds is 5. The molecule has 0 radical (unpaired) electrons. The van der Waals surface area contributed by atoms with Gasteiger partial charge in [0, 0.05) is 33.7 Å². The van der Waals surface area contributed by atoms with E-state index in [9.17, 15) is 4.79 Å². The van der Waals surface area contributed by atoms with Crippen molar-refractivity contribution >= 4 is 22.9 Å². The van der Waals surface area contributed by atoms with Crippen LogP contribution in [0.15, 0.2) is 47.8 Å². The quantitative estimate of drug-likeness (QED) is 0.667. The molecule has 4 rings (SSSR count). The van der Waals surface area contributed by atoms with E-state index in [2.05, 4.69) is 10.7 Å². The van der Waals surface area contributed by atoms with Crippen LogP contribution in [0.3, 0.4) is 0 Å². The van der Waals surface area contributed by atoms with Crippen LogP contribution >= 0.6 is 11.3 Å². The number of hydrogen-bond donors (Lipinski definition) is 1. The van der Waals surface area contributed by atoms with Crippen LogP contribution in [0.25, 0.3) is 11.1 Å². The zero-order valence-corrected chi connectivity index (χ0v) is 16.8. The molecule has 6 heteroatoms. The average molecular weight is 395 g/mol. The van der Waals surface area contributed by atoms with Gasteiger partial charge in [-0.3, -0.25) is 4.79 Å². The lowest BCUT2D eigenvalue weighted by Crippen LogP contribution is -2.22. The standard InChI is InChI=1S/C22H21NO4S/c1-25-14-9-7-13(8-10-14)17-12-28-22-16(11-19(24)23-20(17)22)15-5-4-6-18(26-2)21(15)27-3/h4-10,12,16H,11H2,1-3H3,(H,23,24). The number of methoxy groups -OCH3 is 3. The summed E-state index contributed by atoms with van der Waals surface area (Å²) < 4.78 is 16.3. The summed E-state index contributed by atoms with van der Waals surface area (Å²) in [7, 11) is 4.89. The summed E-state index contributed by atoms with van der Waals surface area (Å²) in [6, 6.07) is 13.6. The molecule has 2 aromatic carbocycles. The summed E-state index contributed by atoms with van der Waals surface area (Å²) in [6.45, 7) is 0. The van der Waals surface area contributed by atoms with Crippen LogP contribution in [0, 0.1) is 0 Å². The predicted molar refractivity (Wildman–Crippen MR) is 111 cm³/mol. The number of thiophene rings is 1. The van der Waals surface area contributed by atoms with E-state index in [0.717, 1.165) is 33.0 Å². The molecule has 1 amide bonds. The van der Waals surface area contributed by atoms with Crippen molar-refractivity contribution in [1.82, 2.24) is 0 Å². The van der Waals surface area contributed by atoms with Gasteiger partial charge in [-0.15, -0.1) is 11.3 Å². The Bertz CT molecular complexity index is 1010. The second-order valence-electron chi connectivity index (χ2n) is 6.50. The van der Waals surface area contributed by atoms with Crippen LogP contribution in [0.2, 0.25) is 0 Å². The van der Waals surface area contributed by atoms with Gasteiger partial charge < -0.3 is 19.5 Å². The van der Waals surface area contributed by atoms with Crippen molar-refractivity contribution in [2.75, 3.05) is 26.6 Å². The maximum Gasteiger partial charge on any atom is 0.225 e. The summed E-state index contributed by atoms with van der Waals surface area (Å²) in [6.07, 6.45) is 0.374. The Labute approximate surface area is 167 Å². The van der Waals surface area contributed by atoms with Crippen molar-refractivity contribution in [3.63, 3.8) is 0 Å². The fourth-order valence-electron chi connectivity index (χ4n) is 3.65. The SMILES string of the molecule is COc1ccc(-c2csc3c2NC(=O)CC3c2cccc(OC)c2OC)cc1. The second kappa shape index (κ2) is 7.56. The lowest BCUT2D eigenvalue weighted by atomic mass is 9.88. The minimum Gasteiger partial charge on any atom is -0.497 e. The topological polar surface area (TPSA) is 56.8 Å². The molecule has 0 spiro atoms. The molecule has 1 unspecified atom stereocenters. The Morgan fingerprint density at radius 2 is 1.79 bits per heavy atom. The number of hydrogen-bond acceptors (Lipinski definition) is 5. The summed E-state index contributed by atoms with van der Waals surface area (Å²) in [4.78, 5) is 13.7. The zero-order valence-electron chi connectivity index (χ0n) is 15.9. The third-order valence-corrected chi connectivity index (χ3v) is 6.10. The van der Waals surface area contributed by atoms with Gasteiger partial charge in [-0.05, 0) is 23.8 Å². The van der Waals surface area contributed by atoms with Crippen LogP contribution in [-0.4, -0.2) is 27.2 Å². The first-order chi connectivity index (χ1) is 13.7. The van der Waals surface area contributed by atoms with Crippen molar-refractivity contribution in [2.24, 2.45) is 0 Å². The Morgan fingerprint density at radius 3 is 2.46 bits per heavy atom. The molecule has 5 nitrogen and oxygen atoms in total. The lowest BCUT2D eigenvalue weighted by molar-refractivity contribution is -0.116. The maximum absolute atomic E-state index is 12.5. The molecule has 1 atom stereocenters. The van der Waals surface area contributed by atoms with Crippen LogP contribution in [0.4, 0.5) is 5.69 Å². The van der Waals surface area contributed by atoms with Gasteiger partial charge in [-0.1, -0.05) is 24.3 Å². The highest BCUT2D eigenvalue weighted by molar-refractivity contribution is 7.11. The molecule has 0 saturated carbocycles. The maximum atomic E-state index is 12.5. The molecule has 1 aliphatic rings. The Balaban J connectivity index is 1.81. The monoisotopic (exact) mass is 395 g/mol. The van der Waals surface area contributed by atoms with Crippen LogP contribution in [-0.2, 0) is 4.79 Å². The number of anilines is 1. The van der Waals surface area contributed by atoms with Gasteiger partial charge in [-0.25, -0.2) is 0 Å². The van der Waals surface area contributed by atoms with E-state index in [4.69, 9.17) is 14.2 Å². The highest BCUT2D eigenvalue weighted by atomic mass is 32.1. The predicted octanol–water partition coefficient (Wildman–Crippen LogP) is 4.92. The molecule has 0 saturated heterocycles. The second-order valence-corrected chi connectivity index (χ2v) is 7.42. The van der Waals surface area contributed by atoms with Gasteiger partial charge >= 0.3 is 0 Å². The number of amides is 1. The summed E-state index contributed by atoms with van der Waals surface area (Å²) >= 11 is 1.65. The lowest BCUT2D eigenvalue weighted by Gasteiger charge is -2.25. The zero-order chi connectivity index (χ0) is 19.7. The highest BCUT2D eigenvalue weighted by Crippen LogP contribution is 2.49. The molecule has 1 aliphatic heterocycles. The molecule has 0 aliphatic carbocycles. The fraction of sp³-hybridized carbons (Fsp3) is 0.227. The molecule has 1 N–H and O–H groups in total. The summed E-state index contributed by atoms with van der Waals surface area (Å²) in [5.74, 6) is 2.06. The third-order valence-electron chi connectivity index (χ3n) is 5.00. The van der Waals surface area contributed by atoms with E-state index in [-0.39, 0.29) is 11.8 Å². The third kappa shape index (κ3) is 3.10. The molecular formula is C22H21NO4S. The van der Waals surface area contributed by atoms with E-state index in [0.29, 0.717) is 17.9 Å². The van der Waals surface area contributed by atoms with Crippen LogP contribution in [0.1, 0.15) is 22.8 Å². The molecule has 0 bridgehead atoms. The molecule has 28 heavy (non-hydrogen) atoms. The van der Waals surface area contributed by atoms with Gasteiger partial charge in [0.1, 0.15) is 5.75 Å². The largest absolute Gasteiger partial charge is 0.497 e. The van der Waals surface area contributed by atoms with E-state index >= 15 is 0 Å². The Morgan fingerprint density at radius 1 is 1.00 bits per heavy atom. The molecule has 0 fully saturated rings. The first-order valence-electron chi connectivity index (χ1n) is 8.92. The number of carbonyl (C=O) groups excluding carboxylic acids is 1. The van der Waals surface area contributed by atoms with Gasteiger partial charge in [0.2, 0.25) is 5.91 Å². The van der Waals surface area contributed by atoms with Crippen molar-refractivity contribution in [3.8, 4) is 28.4 Å². The van der Waals surface area contributed by atoms with E-state index in [1.165, 1.54) is 0 Å². The summed E-state index contributed by atoms with van der Waals surface area (Å²) in [5, 5.41) is 5.16. The molecule has 1 aromatic heterocycles. The van der Waals surface area contributed by atoms with Gasteiger partial charge in [0.05, 0.1) is 27.0 Å². The highest BCUT2D eigenvalue weighted by Gasteiger charge is 2.32. The minimum absolute atomic E-state index is 0.00413. The Hall–Kier alpha value is -2.99. The van der Waals surface area contributed by atoms with Crippen LogP contribution < -0.4 is 19.5 Å². The smallest absolute Gasteiger partial charge is 0.225 e. The van der Waals surface area contributed by atoms with Gasteiger partial charge in [-0.2, -0.15) is 0 Å².